The summed E-state index contributed by atoms with van der Waals surface area (Å²) in [6.07, 6.45) is 2.29. The van der Waals surface area contributed by atoms with E-state index in [0.717, 1.165) is 28.6 Å². The molecule has 1 aromatic carbocycles. The third-order valence-corrected chi connectivity index (χ3v) is 4.32. The molecule has 0 radical (unpaired) electrons. The highest BCUT2D eigenvalue weighted by Gasteiger charge is 2.29. The molecule has 0 unspecified atom stereocenters. The van der Waals surface area contributed by atoms with Crippen molar-refractivity contribution in [1.29, 1.82) is 0 Å². The number of hydrogen-bond acceptors (Lipinski definition) is 5. The molecule has 2 N–H and O–H groups in total. The lowest BCUT2D eigenvalue weighted by Crippen LogP contribution is -2.03. The fraction of sp³-hybridized carbons (Fsp3) is 0.333. The fourth-order valence-electron chi connectivity index (χ4n) is 2.29. The summed E-state index contributed by atoms with van der Waals surface area (Å²) < 4.78 is 11.6. The minimum absolute atomic E-state index is 0.451. The Kier molecular flexibility index (Phi) is 3.71. The fourth-order valence-corrected chi connectivity index (χ4v) is 2.79. The molecular formula is C15H16BrN3O2. The minimum Gasteiger partial charge on any atom is -0.493 e. The van der Waals surface area contributed by atoms with E-state index in [2.05, 4.69) is 25.9 Å². The van der Waals surface area contributed by atoms with Crippen molar-refractivity contribution in [3.63, 3.8) is 0 Å². The Labute approximate surface area is 131 Å². The van der Waals surface area contributed by atoms with Crippen LogP contribution >= 0.6 is 15.9 Å². The number of nitrogens with zero attached hydrogens (tertiary/aromatic N) is 2. The van der Waals surface area contributed by atoms with Crippen molar-refractivity contribution in [3.05, 3.63) is 28.4 Å². The zero-order valence-electron chi connectivity index (χ0n) is 11.9. The van der Waals surface area contributed by atoms with Gasteiger partial charge in [-0.25, -0.2) is 9.97 Å². The summed E-state index contributed by atoms with van der Waals surface area (Å²) in [7, 11) is 3.21. The van der Waals surface area contributed by atoms with Crippen LogP contribution in [-0.2, 0) is 0 Å². The second-order valence-electron chi connectivity index (χ2n) is 4.95. The van der Waals surface area contributed by atoms with Gasteiger partial charge in [-0.1, -0.05) is 6.07 Å². The van der Waals surface area contributed by atoms with E-state index in [0.29, 0.717) is 29.1 Å². The standard InChI is InChI=1S/C15H16BrN3O2/c1-20-10-5-3-4-9(13(10)21-2)15-18-12(8-6-7-8)11(16)14(17)19-15/h3-5,8H,6-7H2,1-2H3,(H2,17,18,19). The first-order valence-electron chi connectivity index (χ1n) is 6.70. The average molecular weight is 350 g/mol. The maximum Gasteiger partial charge on any atom is 0.171 e. The quantitative estimate of drug-likeness (QED) is 0.915. The van der Waals surface area contributed by atoms with Gasteiger partial charge in [0.25, 0.3) is 0 Å². The molecule has 1 aliphatic carbocycles. The molecule has 1 saturated carbocycles. The highest BCUT2D eigenvalue weighted by molar-refractivity contribution is 9.10. The monoisotopic (exact) mass is 349 g/mol. The molecule has 1 heterocycles. The van der Waals surface area contributed by atoms with E-state index in [9.17, 15) is 0 Å². The predicted octanol–water partition coefficient (Wildman–Crippen LogP) is 3.38. The van der Waals surface area contributed by atoms with E-state index in [-0.39, 0.29) is 0 Å². The van der Waals surface area contributed by atoms with E-state index < -0.39 is 0 Å². The van der Waals surface area contributed by atoms with Gasteiger partial charge in [0.15, 0.2) is 17.3 Å². The molecule has 2 aromatic rings. The van der Waals surface area contributed by atoms with Crippen LogP contribution < -0.4 is 15.2 Å². The number of nitrogens with two attached hydrogens (primary N) is 1. The number of halogens is 1. The summed E-state index contributed by atoms with van der Waals surface area (Å²) >= 11 is 3.49. The number of para-hydroxylation sites is 1. The number of ether oxygens (including phenoxy) is 2. The van der Waals surface area contributed by atoms with Crippen LogP contribution in [0, 0.1) is 0 Å². The summed E-state index contributed by atoms with van der Waals surface area (Å²) in [5, 5.41) is 0. The van der Waals surface area contributed by atoms with Gasteiger partial charge < -0.3 is 15.2 Å². The van der Waals surface area contributed by atoms with Crippen LogP contribution in [-0.4, -0.2) is 24.2 Å². The van der Waals surface area contributed by atoms with Crippen LogP contribution in [0.4, 0.5) is 5.82 Å². The van der Waals surface area contributed by atoms with Crippen molar-refractivity contribution < 1.29 is 9.47 Å². The number of anilines is 1. The van der Waals surface area contributed by atoms with Crippen molar-refractivity contribution in [2.45, 2.75) is 18.8 Å². The van der Waals surface area contributed by atoms with E-state index in [4.69, 9.17) is 15.2 Å². The van der Waals surface area contributed by atoms with Crippen molar-refractivity contribution in [2.75, 3.05) is 20.0 Å². The van der Waals surface area contributed by atoms with Crippen molar-refractivity contribution in [1.82, 2.24) is 9.97 Å². The highest BCUT2D eigenvalue weighted by atomic mass is 79.9. The number of hydrogen-bond donors (Lipinski definition) is 1. The van der Waals surface area contributed by atoms with Crippen molar-refractivity contribution in [2.24, 2.45) is 0 Å². The topological polar surface area (TPSA) is 70.3 Å². The zero-order chi connectivity index (χ0) is 15.0. The SMILES string of the molecule is COc1cccc(-c2nc(N)c(Br)c(C3CC3)n2)c1OC. The van der Waals surface area contributed by atoms with Gasteiger partial charge in [0, 0.05) is 5.92 Å². The first-order chi connectivity index (χ1) is 10.2. The molecule has 0 aliphatic heterocycles. The second kappa shape index (κ2) is 5.52. The first-order valence-corrected chi connectivity index (χ1v) is 7.49. The number of methoxy groups -OCH3 is 2. The Balaban J connectivity index is 2.16. The molecule has 0 saturated heterocycles. The van der Waals surface area contributed by atoms with Gasteiger partial charge >= 0.3 is 0 Å². The summed E-state index contributed by atoms with van der Waals surface area (Å²) in [4.78, 5) is 9.06. The number of benzene rings is 1. The van der Waals surface area contributed by atoms with E-state index >= 15 is 0 Å². The molecule has 1 fully saturated rings. The van der Waals surface area contributed by atoms with Gasteiger partial charge in [0.1, 0.15) is 5.82 Å². The molecule has 1 aliphatic rings. The third-order valence-electron chi connectivity index (χ3n) is 3.51. The first kappa shape index (κ1) is 14.1. The largest absolute Gasteiger partial charge is 0.493 e. The molecule has 0 atom stereocenters. The van der Waals surface area contributed by atoms with Gasteiger partial charge in [0.2, 0.25) is 0 Å². The van der Waals surface area contributed by atoms with Crippen molar-refractivity contribution >= 4 is 21.7 Å². The van der Waals surface area contributed by atoms with Crippen LogP contribution in [0.3, 0.4) is 0 Å². The molecule has 0 spiro atoms. The Bertz CT molecular complexity index is 687. The summed E-state index contributed by atoms with van der Waals surface area (Å²) in [5.41, 5.74) is 7.77. The smallest absolute Gasteiger partial charge is 0.171 e. The van der Waals surface area contributed by atoms with Crippen LogP contribution in [0.2, 0.25) is 0 Å². The molecule has 0 bridgehead atoms. The maximum atomic E-state index is 6.02. The van der Waals surface area contributed by atoms with E-state index in [1.54, 1.807) is 14.2 Å². The van der Waals surface area contributed by atoms with Crippen LogP contribution in [0.1, 0.15) is 24.5 Å². The Morgan fingerprint density at radius 2 is 1.95 bits per heavy atom. The predicted molar refractivity (Wildman–Crippen MR) is 84.7 cm³/mol. The molecule has 21 heavy (non-hydrogen) atoms. The lowest BCUT2D eigenvalue weighted by atomic mass is 10.1. The lowest BCUT2D eigenvalue weighted by Gasteiger charge is -2.13. The Morgan fingerprint density at radius 1 is 1.19 bits per heavy atom. The zero-order valence-corrected chi connectivity index (χ0v) is 13.5. The molecule has 1 aromatic heterocycles. The molecule has 6 heteroatoms. The summed E-state index contributed by atoms with van der Waals surface area (Å²) in [6.45, 7) is 0. The summed E-state index contributed by atoms with van der Waals surface area (Å²) in [5.74, 6) is 2.75. The van der Waals surface area contributed by atoms with Gasteiger partial charge in [0.05, 0.1) is 29.9 Å². The number of aromatic nitrogens is 2. The second-order valence-corrected chi connectivity index (χ2v) is 5.74. The van der Waals surface area contributed by atoms with Crippen molar-refractivity contribution in [3.8, 4) is 22.9 Å². The minimum atomic E-state index is 0.451. The van der Waals surface area contributed by atoms with Gasteiger partial charge in [-0.2, -0.15) is 0 Å². The van der Waals surface area contributed by atoms with Gasteiger partial charge in [-0.05, 0) is 40.9 Å². The van der Waals surface area contributed by atoms with E-state index in [1.165, 1.54) is 0 Å². The lowest BCUT2D eigenvalue weighted by molar-refractivity contribution is 0.356. The average Bonchev–Trinajstić information content (AvgIpc) is 3.33. The van der Waals surface area contributed by atoms with Crippen LogP contribution in [0.5, 0.6) is 11.5 Å². The molecule has 110 valence electrons. The molecule has 3 rings (SSSR count). The maximum absolute atomic E-state index is 6.02. The Morgan fingerprint density at radius 3 is 2.57 bits per heavy atom. The van der Waals surface area contributed by atoms with Gasteiger partial charge in [-0.15, -0.1) is 0 Å². The van der Waals surface area contributed by atoms with Gasteiger partial charge in [-0.3, -0.25) is 0 Å². The number of nitrogen functional groups attached to an aromatic ring is 1. The van der Waals surface area contributed by atoms with Crippen LogP contribution in [0.15, 0.2) is 22.7 Å². The normalized spacial score (nSPS) is 14.0. The molecule has 0 amide bonds. The third kappa shape index (κ3) is 2.55. The highest BCUT2D eigenvalue weighted by Crippen LogP contribution is 2.45. The number of rotatable bonds is 4. The Hall–Kier alpha value is -1.82. The molecule has 5 nitrogen and oxygen atoms in total. The summed E-state index contributed by atoms with van der Waals surface area (Å²) in [6, 6.07) is 5.63. The van der Waals surface area contributed by atoms with E-state index in [1.807, 2.05) is 18.2 Å². The molecular weight excluding hydrogens is 334 g/mol. The van der Waals surface area contributed by atoms with Crippen LogP contribution in [0.25, 0.3) is 11.4 Å².